The normalized spacial score (nSPS) is 11.6. The Hall–Kier alpha value is -2.51. The molecule has 27 heavy (non-hydrogen) atoms. The van der Waals surface area contributed by atoms with Crippen LogP contribution >= 0.6 is 11.6 Å². The SMILES string of the molecule is COCc1cc(NCc2nc(-c3cccc(Cl)c3)no2)nc(C(C)(C)C)n1. The molecule has 0 bridgehead atoms. The van der Waals surface area contributed by atoms with Crippen LogP contribution in [0.4, 0.5) is 5.82 Å². The number of benzene rings is 1. The van der Waals surface area contributed by atoms with E-state index < -0.39 is 0 Å². The topological polar surface area (TPSA) is 86.0 Å². The highest BCUT2D eigenvalue weighted by Gasteiger charge is 2.19. The smallest absolute Gasteiger partial charge is 0.246 e. The molecule has 1 aromatic carbocycles. The van der Waals surface area contributed by atoms with Gasteiger partial charge in [-0.2, -0.15) is 4.98 Å². The van der Waals surface area contributed by atoms with E-state index in [4.69, 9.17) is 20.9 Å². The molecule has 3 rings (SSSR count). The fourth-order valence-corrected chi connectivity index (χ4v) is 2.57. The molecule has 2 aromatic heterocycles. The fourth-order valence-electron chi connectivity index (χ4n) is 2.38. The monoisotopic (exact) mass is 387 g/mol. The van der Waals surface area contributed by atoms with E-state index in [1.807, 2.05) is 18.2 Å². The van der Waals surface area contributed by atoms with Crippen molar-refractivity contribution in [3.05, 3.63) is 52.8 Å². The van der Waals surface area contributed by atoms with Crippen LogP contribution in [-0.4, -0.2) is 27.2 Å². The molecule has 7 nitrogen and oxygen atoms in total. The van der Waals surface area contributed by atoms with Crippen molar-refractivity contribution < 1.29 is 9.26 Å². The predicted octanol–water partition coefficient (Wildman–Crippen LogP) is 4.24. The Balaban J connectivity index is 1.76. The molecule has 0 unspecified atom stereocenters. The van der Waals surface area contributed by atoms with Crippen LogP contribution in [0, 0.1) is 0 Å². The van der Waals surface area contributed by atoms with Crippen LogP contribution in [-0.2, 0) is 23.3 Å². The first-order valence-electron chi connectivity index (χ1n) is 8.55. The lowest BCUT2D eigenvalue weighted by molar-refractivity contribution is 0.181. The third kappa shape index (κ3) is 5.02. The van der Waals surface area contributed by atoms with Gasteiger partial charge < -0.3 is 14.6 Å². The van der Waals surface area contributed by atoms with Gasteiger partial charge in [0.25, 0.3) is 0 Å². The molecule has 0 fully saturated rings. The summed E-state index contributed by atoms with van der Waals surface area (Å²) in [5.41, 5.74) is 1.44. The van der Waals surface area contributed by atoms with Gasteiger partial charge in [0.2, 0.25) is 11.7 Å². The molecule has 0 aliphatic rings. The molecule has 1 N–H and O–H groups in total. The molecule has 3 aromatic rings. The van der Waals surface area contributed by atoms with E-state index in [0.29, 0.717) is 35.7 Å². The Bertz CT molecular complexity index is 920. The molecule has 0 saturated carbocycles. The molecule has 142 valence electrons. The van der Waals surface area contributed by atoms with Gasteiger partial charge in [-0.15, -0.1) is 0 Å². The second kappa shape index (κ2) is 8.02. The maximum Gasteiger partial charge on any atom is 0.246 e. The van der Waals surface area contributed by atoms with E-state index in [-0.39, 0.29) is 5.41 Å². The van der Waals surface area contributed by atoms with Gasteiger partial charge in [-0.1, -0.05) is 49.7 Å². The second-order valence-electron chi connectivity index (χ2n) is 7.13. The molecule has 0 spiro atoms. The van der Waals surface area contributed by atoms with Gasteiger partial charge in [0.15, 0.2) is 0 Å². The first-order chi connectivity index (χ1) is 12.8. The summed E-state index contributed by atoms with van der Waals surface area (Å²) in [6, 6.07) is 9.17. The van der Waals surface area contributed by atoms with Crippen LogP contribution in [0.5, 0.6) is 0 Å². The number of hydrogen-bond donors (Lipinski definition) is 1. The molecule has 0 radical (unpaired) electrons. The van der Waals surface area contributed by atoms with Crippen LogP contribution in [0.2, 0.25) is 5.02 Å². The van der Waals surface area contributed by atoms with Gasteiger partial charge in [-0.25, -0.2) is 9.97 Å². The first kappa shape index (κ1) is 19.3. The third-order valence-corrected chi connectivity index (χ3v) is 3.95. The quantitative estimate of drug-likeness (QED) is 0.677. The number of rotatable bonds is 6. The van der Waals surface area contributed by atoms with Crippen molar-refractivity contribution in [1.29, 1.82) is 0 Å². The van der Waals surface area contributed by atoms with Gasteiger partial charge in [0.05, 0.1) is 18.8 Å². The lowest BCUT2D eigenvalue weighted by Gasteiger charge is -2.18. The number of nitrogens with one attached hydrogen (secondary N) is 1. The van der Waals surface area contributed by atoms with Gasteiger partial charge in [-0.05, 0) is 12.1 Å². The minimum atomic E-state index is -0.176. The average Bonchev–Trinajstić information content (AvgIpc) is 3.08. The number of halogens is 1. The number of aromatic nitrogens is 4. The van der Waals surface area contributed by atoms with E-state index in [2.05, 4.69) is 46.2 Å². The summed E-state index contributed by atoms with van der Waals surface area (Å²) in [5.74, 6) is 2.37. The van der Waals surface area contributed by atoms with Crippen molar-refractivity contribution in [3.8, 4) is 11.4 Å². The van der Waals surface area contributed by atoms with E-state index >= 15 is 0 Å². The van der Waals surface area contributed by atoms with Crippen molar-refractivity contribution in [2.75, 3.05) is 12.4 Å². The largest absolute Gasteiger partial charge is 0.378 e. The van der Waals surface area contributed by atoms with Crippen molar-refractivity contribution in [3.63, 3.8) is 0 Å². The Morgan fingerprint density at radius 1 is 1.15 bits per heavy atom. The van der Waals surface area contributed by atoms with Crippen molar-refractivity contribution >= 4 is 17.4 Å². The Morgan fingerprint density at radius 2 is 1.96 bits per heavy atom. The van der Waals surface area contributed by atoms with Gasteiger partial charge >= 0.3 is 0 Å². The maximum absolute atomic E-state index is 6.01. The summed E-state index contributed by atoms with van der Waals surface area (Å²) >= 11 is 6.01. The maximum atomic E-state index is 6.01. The van der Waals surface area contributed by atoms with Gasteiger partial charge in [-0.3, -0.25) is 0 Å². The van der Waals surface area contributed by atoms with Crippen LogP contribution < -0.4 is 5.32 Å². The zero-order valence-electron chi connectivity index (χ0n) is 15.8. The first-order valence-corrected chi connectivity index (χ1v) is 8.93. The molecular formula is C19H22ClN5O2. The summed E-state index contributed by atoms with van der Waals surface area (Å²) in [4.78, 5) is 13.6. The van der Waals surface area contributed by atoms with Gasteiger partial charge in [0, 0.05) is 29.2 Å². The van der Waals surface area contributed by atoms with Crippen LogP contribution in [0.1, 0.15) is 38.2 Å². The Morgan fingerprint density at radius 3 is 2.67 bits per heavy atom. The summed E-state index contributed by atoms with van der Waals surface area (Å²) in [6.45, 7) is 6.97. The second-order valence-corrected chi connectivity index (χ2v) is 7.56. The van der Waals surface area contributed by atoms with Crippen molar-refractivity contribution in [2.45, 2.75) is 39.3 Å². The van der Waals surface area contributed by atoms with E-state index in [1.54, 1.807) is 19.2 Å². The fraction of sp³-hybridized carbons (Fsp3) is 0.368. The number of hydrogen-bond acceptors (Lipinski definition) is 7. The molecule has 0 amide bonds. The summed E-state index contributed by atoms with van der Waals surface area (Å²) in [6.07, 6.45) is 0. The highest BCUT2D eigenvalue weighted by Crippen LogP contribution is 2.22. The predicted molar refractivity (Wildman–Crippen MR) is 104 cm³/mol. The molecule has 0 aliphatic heterocycles. The number of ether oxygens (including phenoxy) is 1. The lowest BCUT2D eigenvalue weighted by Crippen LogP contribution is -2.18. The summed E-state index contributed by atoms with van der Waals surface area (Å²) in [5, 5.41) is 7.85. The van der Waals surface area contributed by atoms with Crippen LogP contribution in [0.15, 0.2) is 34.9 Å². The van der Waals surface area contributed by atoms with Crippen molar-refractivity contribution in [1.82, 2.24) is 20.1 Å². The molecule has 8 heteroatoms. The highest BCUT2D eigenvalue weighted by molar-refractivity contribution is 6.30. The zero-order chi connectivity index (χ0) is 19.4. The van der Waals surface area contributed by atoms with Gasteiger partial charge in [0.1, 0.15) is 11.6 Å². The average molecular weight is 388 g/mol. The van der Waals surface area contributed by atoms with Crippen LogP contribution in [0.3, 0.4) is 0 Å². The summed E-state index contributed by atoms with van der Waals surface area (Å²) in [7, 11) is 1.64. The highest BCUT2D eigenvalue weighted by atomic mass is 35.5. The van der Waals surface area contributed by atoms with Crippen LogP contribution in [0.25, 0.3) is 11.4 Å². The summed E-state index contributed by atoms with van der Waals surface area (Å²) < 4.78 is 10.5. The number of methoxy groups -OCH3 is 1. The minimum Gasteiger partial charge on any atom is -0.378 e. The van der Waals surface area contributed by atoms with E-state index in [0.717, 1.165) is 17.1 Å². The molecular weight excluding hydrogens is 366 g/mol. The molecule has 0 atom stereocenters. The minimum absolute atomic E-state index is 0.176. The van der Waals surface area contributed by atoms with E-state index in [1.165, 1.54) is 0 Å². The number of nitrogens with zero attached hydrogens (tertiary/aromatic N) is 4. The number of anilines is 1. The lowest BCUT2D eigenvalue weighted by atomic mass is 9.95. The zero-order valence-corrected chi connectivity index (χ0v) is 16.5. The Labute approximate surface area is 163 Å². The third-order valence-electron chi connectivity index (χ3n) is 3.71. The Kier molecular flexibility index (Phi) is 5.72. The van der Waals surface area contributed by atoms with E-state index in [9.17, 15) is 0 Å². The molecule has 0 saturated heterocycles. The van der Waals surface area contributed by atoms with Crippen molar-refractivity contribution in [2.24, 2.45) is 0 Å². The molecule has 0 aliphatic carbocycles. The molecule has 2 heterocycles. The standard InChI is InChI=1S/C19H22ClN5O2/c1-19(2,3)18-22-14(11-26-4)9-15(23-18)21-10-16-24-17(25-27-16)12-6-5-7-13(20)8-12/h5-9H,10-11H2,1-4H3,(H,21,22,23).